The van der Waals surface area contributed by atoms with Gasteiger partial charge < -0.3 is 16.2 Å². The normalized spacial score (nSPS) is 11.9. The summed E-state index contributed by atoms with van der Waals surface area (Å²) in [5.41, 5.74) is 4.86. The van der Waals surface area contributed by atoms with Gasteiger partial charge in [0.15, 0.2) is 5.69 Å². The number of nitrogens with zero attached hydrogens (tertiary/aromatic N) is 1. The molecule has 4 N–H and O–H groups in total. The van der Waals surface area contributed by atoms with E-state index in [1.54, 1.807) is 6.92 Å². The third-order valence-electron chi connectivity index (χ3n) is 1.99. The van der Waals surface area contributed by atoms with Crippen molar-refractivity contribution in [1.29, 1.82) is 0 Å². The number of benzene rings is 1. The van der Waals surface area contributed by atoms with Crippen LogP contribution >= 0.6 is 0 Å². The molecule has 0 aliphatic rings. The van der Waals surface area contributed by atoms with Crippen molar-refractivity contribution in [1.82, 2.24) is 0 Å². The number of nitrogens with two attached hydrogens (primary N) is 1. The molecule has 1 atom stereocenters. The molecule has 0 spiro atoms. The summed E-state index contributed by atoms with van der Waals surface area (Å²) < 4.78 is 0. The number of nitrogens with one attached hydrogen (secondary N) is 1. The molecule has 7 heteroatoms. The zero-order valence-electron chi connectivity index (χ0n) is 9.21. The number of hydrogen-bond acceptors (Lipinski definition) is 5. The summed E-state index contributed by atoms with van der Waals surface area (Å²) in [5, 5.41) is 22.4. The number of rotatable bonds is 4. The van der Waals surface area contributed by atoms with Crippen molar-refractivity contribution in [2.45, 2.75) is 19.4 Å². The highest BCUT2D eigenvalue weighted by molar-refractivity contribution is 5.95. The SMILES string of the molecule is CC(N)CC(=O)Nc1c(O)cccc1[N+](=O)[O-]. The van der Waals surface area contributed by atoms with Crippen LogP contribution in [0.2, 0.25) is 0 Å². The Morgan fingerprint density at radius 1 is 1.65 bits per heavy atom. The smallest absolute Gasteiger partial charge is 0.296 e. The van der Waals surface area contributed by atoms with Crippen LogP contribution < -0.4 is 11.1 Å². The van der Waals surface area contributed by atoms with E-state index in [1.807, 2.05) is 0 Å². The van der Waals surface area contributed by atoms with Crippen molar-refractivity contribution in [2.24, 2.45) is 5.73 Å². The van der Waals surface area contributed by atoms with Gasteiger partial charge in [-0.25, -0.2) is 0 Å². The predicted octanol–water partition coefficient (Wildman–Crippen LogP) is 0.976. The van der Waals surface area contributed by atoms with Gasteiger partial charge in [-0.05, 0) is 13.0 Å². The van der Waals surface area contributed by atoms with E-state index in [1.165, 1.54) is 18.2 Å². The molecule has 1 unspecified atom stereocenters. The van der Waals surface area contributed by atoms with Crippen LogP contribution in [-0.4, -0.2) is 22.0 Å². The fourth-order valence-corrected chi connectivity index (χ4v) is 1.29. The molecule has 1 aromatic rings. The number of nitro groups is 1. The van der Waals surface area contributed by atoms with Gasteiger partial charge in [0.1, 0.15) is 5.75 Å². The molecule has 0 aliphatic heterocycles. The Bertz CT molecular complexity index is 445. The Morgan fingerprint density at radius 2 is 2.29 bits per heavy atom. The average molecular weight is 239 g/mol. The van der Waals surface area contributed by atoms with Gasteiger partial charge >= 0.3 is 0 Å². The van der Waals surface area contributed by atoms with Crippen molar-refractivity contribution in [2.75, 3.05) is 5.32 Å². The molecule has 1 amide bonds. The molecule has 0 heterocycles. The van der Waals surface area contributed by atoms with E-state index in [0.717, 1.165) is 0 Å². The van der Waals surface area contributed by atoms with Gasteiger partial charge in [-0.1, -0.05) is 6.07 Å². The second-order valence-corrected chi connectivity index (χ2v) is 3.66. The van der Waals surface area contributed by atoms with Crippen molar-refractivity contribution >= 4 is 17.3 Å². The zero-order chi connectivity index (χ0) is 13.0. The number of nitro benzene ring substituents is 1. The van der Waals surface area contributed by atoms with Gasteiger partial charge in [-0.15, -0.1) is 0 Å². The molecule has 0 saturated heterocycles. The maximum atomic E-state index is 11.4. The van der Waals surface area contributed by atoms with Crippen molar-refractivity contribution in [3.05, 3.63) is 28.3 Å². The fraction of sp³-hybridized carbons (Fsp3) is 0.300. The van der Waals surface area contributed by atoms with E-state index >= 15 is 0 Å². The van der Waals surface area contributed by atoms with Crippen LogP contribution in [0.5, 0.6) is 5.75 Å². The lowest BCUT2D eigenvalue weighted by atomic mass is 10.2. The lowest BCUT2D eigenvalue weighted by Crippen LogP contribution is -2.24. The number of phenols is 1. The molecule has 1 aromatic carbocycles. The first-order valence-electron chi connectivity index (χ1n) is 4.93. The van der Waals surface area contributed by atoms with Gasteiger partial charge in [0.05, 0.1) is 4.92 Å². The van der Waals surface area contributed by atoms with Gasteiger partial charge in [-0.3, -0.25) is 14.9 Å². The van der Waals surface area contributed by atoms with Crippen LogP contribution in [-0.2, 0) is 4.79 Å². The Labute approximate surface area is 97.4 Å². The van der Waals surface area contributed by atoms with E-state index in [2.05, 4.69) is 5.32 Å². The minimum Gasteiger partial charge on any atom is -0.505 e. The van der Waals surface area contributed by atoms with Crippen LogP contribution in [0.15, 0.2) is 18.2 Å². The van der Waals surface area contributed by atoms with Crippen molar-refractivity contribution < 1.29 is 14.8 Å². The van der Waals surface area contributed by atoms with Crippen LogP contribution in [0.1, 0.15) is 13.3 Å². The highest BCUT2D eigenvalue weighted by Gasteiger charge is 2.19. The molecule has 0 bridgehead atoms. The largest absolute Gasteiger partial charge is 0.505 e. The van der Waals surface area contributed by atoms with Crippen LogP contribution in [0.3, 0.4) is 0 Å². The third kappa shape index (κ3) is 3.42. The predicted molar refractivity (Wildman–Crippen MR) is 61.7 cm³/mol. The standard InChI is InChI=1S/C10H13N3O4/c1-6(11)5-9(15)12-10-7(13(16)17)3-2-4-8(10)14/h2-4,6,14H,5,11H2,1H3,(H,12,15). The highest BCUT2D eigenvalue weighted by atomic mass is 16.6. The molecule has 0 saturated carbocycles. The molecule has 1 rings (SSSR count). The quantitative estimate of drug-likeness (QED) is 0.411. The van der Waals surface area contributed by atoms with Crippen LogP contribution in [0.4, 0.5) is 11.4 Å². The molecule has 92 valence electrons. The number of carbonyl (C=O) groups is 1. The summed E-state index contributed by atoms with van der Waals surface area (Å²) in [6.45, 7) is 1.64. The Balaban J connectivity index is 2.97. The van der Waals surface area contributed by atoms with Gasteiger partial charge in [0.2, 0.25) is 5.91 Å². The minimum atomic E-state index is -0.679. The topological polar surface area (TPSA) is 118 Å². The number of carbonyl (C=O) groups excluding carboxylic acids is 1. The number of phenolic OH excluding ortho intramolecular Hbond substituents is 1. The molecule has 0 radical (unpaired) electrons. The number of para-hydroxylation sites is 1. The van der Waals surface area contributed by atoms with E-state index in [4.69, 9.17) is 5.73 Å². The van der Waals surface area contributed by atoms with Crippen molar-refractivity contribution in [3.63, 3.8) is 0 Å². The lowest BCUT2D eigenvalue weighted by molar-refractivity contribution is -0.384. The van der Waals surface area contributed by atoms with Crippen LogP contribution in [0.25, 0.3) is 0 Å². The van der Waals surface area contributed by atoms with Crippen molar-refractivity contribution in [3.8, 4) is 5.75 Å². The number of anilines is 1. The first-order valence-corrected chi connectivity index (χ1v) is 4.93. The highest BCUT2D eigenvalue weighted by Crippen LogP contribution is 2.33. The van der Waals surface area contributed by atoms with E-state index in [0.29, 0.717) is 0 Å². The summed E-state index contributed by atoms with van der Waals surface area (Å²) in [6, 6.07) is 3.42. The molecule has 0 fully saturated rings. The average Bonchev–Trinajstić information content (AvgIpc) is 2.19. The van der Waals surface area contributed by atoms with E-state index in [-0.39, 0.29) is 29.6 Å². The van der Waals surface area contributed by atoms with Gasteiger partial charge in [-0.2, -0.15) is 0 Å². The van der Waals surface area contributed by atoms with Crippen LogP contribution in [0, 0.1) is 10.1 Å². The van der Waals surface area contributed by atoms with Gasteiger partial charge in [0, 0.05) is 18.5 Å². The number of aromatic hydroxyl groups is 1. The molecule has 7 nitrogen and oxygen atoms in total. The summed E-state index contributed by atoms with van der Waals surface area (Å²) in [6.07, 6.45) is 0.0193. The number of hydrogen-bond donors (Lipinski definition) is 3. The molecular weight excluding hydrogens is 226 g/mol. The molecule has 0 aliphatic carbocycles. The first-order chi connectivity index (χ1) is 7.91. The minimum absolute atomic E-state index is 0.0193. The maximum absolute atomic E-state index is 11.4. The molecular formula is C10H13N3O4. The summed E-state index contributed by atoms with van der Waals surface area (Å²) >= 11 is 0. The summed E-state index contributed by atoms with van der Waals surface area (Å²) in [4.78, 5) is 21.4. The molecule has 17 heavy (non-hydrogen) atoms. The third-order valence-corrected chi connectivity index (χ3v) is 1.99. The second kappa shape index (κ2) is 5.26. The fourth-order valence-electron chi connectivity index (χ4n) is 1.29. The van der Waals surface area contributed by atoms with Gasteiger partial charge in [0.25, 0.3) is 5.69 Å². The Hall–Kier alpha value is -2.15. The first kappa shape index (κ1) is 12.9. The summed E-state index contributed by atoms with van der Waals surface area (Å²) in [7, 11) is 0. The zero-order valence-corrected chi connectivity index (χ0v) is 9.21. The maximum Gasteiger partial charge on any atom is 0.296 e. The monoisotopic (exact) mass is 239 g/mol. The van der Waals surface area contributed by atoms with E-state index in [9.17, 15) is 20.0 Å². The summed E-state index contributed by atoms with van der Waals surface area (Å²) in [5.74, 6) is -0.832. The lowest BCUT2D eigenvalue weighted by Gasteiger charge is -2.09. The second-order valence-electron chi connectivity index (χ2n) is 3.66. The number of amides is 1. The Morgan fingerprint density at radius 3 is 2.82 bits per heavy atom. The molecule has 0 aromatic heterocycles. The van der Waals surface area contributed by atoms with E-state index < -0.39 is 10.8 Å². The Kier molecular flexibility index (Phi) is 4.00.